The molecule has 0 aliphatic carbocycles. The number of anilines is 2. The second-order valence-electron chi connectivity index (χ2n) is 5.23. The van der Waals surface area contributed by atoms with Crippen molar-refractivity contribution in [1.82, 2.24) is 4.90 Å². The number of hydrogen-bond acceptors (Lipinski definition) is 2. The van der Waals surface area contributed by atoms with Crippen molar-refractivity contribution < 1.29 is 9.59 Å². The highest BCUT2D eigenvalue weighted by molar-refractivity contribution is 5.99. The fourth-order valence-electron chi connectivity index (χ4n) is 2.50. The molecule has 3 rings (SSSR count). The third-order valence-corrected chi connectivity index (χ3v) is 3.73. The zero-order valence-corrected chi connectivity index (χ0v) is 12.3. The van der Waals surface area contributed by atoms with Crippen LogP contribution >= 0.6 is 0 Å². The zero-order valence-electron chi connectivity index (χ0n) is 12.3. The summed E-state index contributed by atoms with van der Waals surface area (Å²) < 4.78 is 0. The van der Waals surface area contributed by atoms with Crippen molar-refractivity contribution in [2.75, 3.05) is 23.8 Å². The molecule has 0 saturated heterocycles. The van der Waals surface area contributed by atoms with Crippen LogP contribution in [0.2, 0.25) is 0 Å². The monoisotopic (exact) mass is 295 g/mol. The lowest BCUT2D eigenvalue weighted by Crippen LogP contribution is -2.40. The number of urea groups is 1. The third kappa shape index (κ3) is 2.79. The van der Waals surface area contributed by atoms with Crippen molar-refractivity contribution in [3.8, 4) is 0 Å². The maximum absolute atomic E-state index is 12.4. The van der Waals surface area contributed by atoms with E-state index in [9.17, 15) is 9.59 Å². The quantitative estimate of drug-likeness (QED) is 0.879. The summed E-state index contributed by atoms with van der Waals surface area (Å²) in [5, 5.41) is 2.82. The number of likely N-dealkylation sites (N-methyl/N-ethyl adjacent to an activating group) is 1. The van der Waals surface area contributed by atoms with Gasteiger partial charge >= 0.3 is 6.03 Å². The average molecular weight is 295 g/mol. The van der Waals surface area contributed by atoms with Gasteiger partial charge in [0, 0.05) is 18.4 Å². The van der Waals surface area contributed by atoms with Crippen LogP contribution in [0.5, 0.6) is 0 Å². The van der Waals surface area contributed by atoms with Crippen LogP contribution < -0.4 is 10.2 Å². The van der Waals surface area contributed by atoms with Gasteiger partial charge in [0.2, 0.25) is 5.91 Å². The molecule has 0 saturated carbocycles. The largest absolute Gasteiger partial charge is 0.322 e. The van der Waals surface area contributed by atoms with Crippen LogP contribution in [-0.4, -0.2) is 30.4 Å². The van der Waals surface area contributed by atoms with Crippen LogP contribution in [0.3, 0.4) is 0 Å². The average Bonchev–Trinajstić information content (AvgIpc) is 2.66. The first-order valence-electron chi connectivity index (χ1n) is 7.10. The van der Waals surface area contributed by atoms with Crippen molar-refractivity contribution >= 4 is 23.3 Å². The van der Waals surface area contributed by atoms with Gasteiger partial charge in [-0.2, -0.15) is 0 Å². The molecule has 1 aliphatic heterocycles. The molecule has 112 valence electrons. The third-order valence-electron chi connectivity index (χ3n) is 3.73. The minimum Gasteiger partial charge on any atom is -0.314 e. The minimum atomic E-state index is -0.273. The second-order valence-corrected chi connectivity index (χ2v) is 5.23. The topological polar surface area (TPSA) is 52.7 Å². The summed E-state index contributed by atoms with van der Waals surface area (Å²) in [5.41, 5.74) is 2.52. The van der Waals surface area contributed by atoms with Crippen LogP contribution in [0.15, 0.2) is 54.6 Å². The molecule has 0 atom stereocenters. The minimum absolute atomic E-state index is 0.0594. The van der Waals surface area contributed by atoms with Gasteiger partial charge in [0.1, 0.15) is 6.54 Å². The number of amides is 3. The Kier molecular flexibility index (Phi) is 3.78. The van der Waals surface area contributed by atoms with Gasteiger partial charge in [0.15, 0.2) is 0 Å². The SMILES string of the molecule is CN1C(=O)CN(C(=O)Nc2ccccc2)Cc2ccccc21. The summed E-state index contributed by atoms with van der Waals surface area (Å²) in [6.07, 6.45) is 0. The molecule has 0 unspecified atom stereocenters. The van der Waals surface area contributed by atoms with Gasteiger partial charge in [-0.15, -0.1) is 0 Å². The number of carbonyl (C=O) groups is 2. The molecular formula is C17H17N3O2. The van der Waals surface area contributed by atoms with E-state index < -0.39 is 0 Å². The first-order chi connectivity index (χ1) is 10.6. The Morgan fingerprint density at radius 2 is 1.68 bits per heavy atom. The summed E-state index contributed by atoms with van der Waals surface area (Å²) in [6, 6.07) is 16.6. The maximum Gasteiger partial charge on any atom is 0.322 e. The van der Waals surface area contributed by atoms with Crippen LogP contribution in [0.25, 0.3) is 0 Å². The number of benzene rings is 2. The molecule has 1 heterocycles. The van der Waals surface area contributed by atoms with E-state index in [0.717, 1.165) is 11.3 Å². The summed E-state index contributed by atoms with van der Waals surface area (Å²) in [6.45, 7) is 0.467. The molecule has 1 N–H and O–H groups in total. The maximum atomic E-state index is 12.4. The molecule has 0 radical (unpaired) electrons. The Bertz CT molecular complexity index is 700. The second kappa shape index (κ2) is 5.89. The van der Waals surface area contributed by atoms with Gasteiger partial charge in [-0.25, -0.2) is 4.79 Å². The predicted molar refractivity (Wildman–Crippen MR) is 85.7 cm³/mol. The lowest BCUT2D eigenvalue weighted by atomic mass is 10.1. The van der Waals surface area contributed by atoms with Crippen molar-refractivity contribution in [2.24, 2.45) is 0 Å². The van der Waals surface area contributed by atoms with E-state index in [4.69, 9.17) is 0 Å². The molecule has 5 nitrogen and oxygen atoms in total. The molecule has 3 amide bonds. The highest BCUT2D eigenvalue weighted by atomic mass is 16.2. The van der Waals surface area contributed by atoms with Gasteiger partial charge < -0.3 is 15.1 Å². The molecule has 0 spiro atoms. The molecule has 5 heteroatoms. The van der Waals surface area contributed by atoms with E-state index in [1.54, 1.807) is 11.9 Å². The van der Waals surface area contributed by atoms with Crippen LogP contribution in [0.1, 0.15) is 5.56 Å². The van der Waals surface area contributed by atoms with Crippen molar-refractivity contribution in [2.45, 2.75) is 6.54 Å². The van der Waals surface area contributed by atoms with Gasteiger partial charge in [0.25, 0.3) is 0 Å². The Morgan fingerprint density at radius 3 is 2.45 bits per heavy atom. The first kappa shape index (κ1) is 14.1. The molecule has 0 bridgehead atoms. The first-order valence-corrected chi connectivity index (χ1v) is 7.10. The summed E-state index contributed by atoms with van der Waals surface area (Å²) >= 11 is 0. The molecule has 2 aromatic rings. The van der Waals surface area contributed by atoms with Crippen LogP contribution in [0.4, 0.5) is 16.2 Å². The van der Waals surface area contributed by atoms with Crippen LogP contribution in [-0.2, 0) is 11.3 Å². The van der Waals surface area contributed by atoms with Crippen LogP contribution in [0, 0.1) is 0 Å². The van der Waals surface area contributed by atoms with Gasteiger partial charge in [-0.05, 0) is 23.8 Å². The smallest absolute Gasteiger partial charge is 0.314 e. The highest BCUT2D eigenvalue weighted by Gasteiger charge is 2.26. The number of rotatable bonds is 1. The van der Waals surface area contributed by atoms with E-state index in [1.807, 2.05) is 54.6 Å². The predicted octanol–water partition coefficient (Wildman–Crippen LogP) is 2.70. The van der Waals surface area contributed by atoms with E-state index in [2.05, 4.69) is 5.32 Å². The molecule has 2 aromatic carbocycles. The number of nitrogens with one attached hydrogen (secondary N) is 1. The fourth-order valence-corrected chi connectivity index (χ4v) is 2.50. The van der Waals surface area contributed by atoms with Crippen molar-refractivity contribution in [1.29, 1.82) is 0 Å². The summed E-state index contributed by atoms with van der Waals surface area (Å²) in [7, 11) is 1.74. The lowest BCUT2D eigenvalue weighted by Gasteiger charge is -2.20. The Hall–Kier alpha value is -2.82. The summed E-state index contributed by atoms with van der Waals surface area (Å²) in [4.78, 5) is 27.8. The van der Waals surface area contributed by atoms with E-state index >= 15 is 0 Å². The van der Waals surface area contributed by atoms with Crippen molar-refractivity contribution in [3.63, 3.8) is 0 Å². The Labute approximate surface area is 129 Å². The Balaban J connectivity index is 1.83. The summed E-state index contributed by atoms with van der Waals surface area (Å²) in [5.74, 6) is -0.104. The highest BCUT2D eigenvalue weighted by Crippen LogP contribution is 2.24. The lowest BCUT2D eigenvalue weighted by molar-refractivity contribution is -0.118. The number of nitrogens with zero attached hydrogens (tertiary/aromatic N) is 2. The van der Waals surface area contributed by atoms with Gasteiger partial charge in [-0.3, -0.25) is 4.79 Å². The molecular weight excluding hydrogens is 278 g/mol. The molecule has 0 fully saturated rings. The molecule has 22 heavy (non-hydrogen) atoms. The zero-order chi connectivity index (χ0) is 15.5. The number of carbonyl (C=O) groups excluding carboxylic acids is 2. The molecule has 0 aromatic heterocycles. The number of hydrogen-bond donors (Lipinski definition) is 1. The number of para-hydroxylation sites is 2. The van der Waals surface area contributed by atoms with E-state index in [-0.39, 0.29) is 18.5 Å². The standard InChI is InChI=1S/C17H17N3O2/c1-19-15-10-6-5-7-13(15)11-20(12-16(19)21)17(22)18-14-8-3-2-4-9-14/h2-10H,11-12H2,1H3,(H,18,22). The van der Waals surface area contributed by atoms with Gasteiger partial charge in [0.05, 0.1) is 6.54 Å². The van der Waals surface area contributed by atoms with Gasteiger partial charge in [-0.1, -0.05) is 36.4 Å². The number of fused-ring (bicyclic) bond motifs is 1. The van der Waals surface area contributed by atoms with Crippen molar-refractivity contribution in [3.05, 3.63) is 60.2 Å². The Morgan fingerprint density at radius 1 is 1.00 bits per heavy atom. The van der Waals surface area contributed by atoms with E-state index in [1.165, 1.54) is 4.90 Å². The van der Waals surface area contributed by atoms with E-state index in [0.29, 0.717) is 12.2 Å². The fraction of sp³-hybridized carbons (Fsp3) is 0.176. The normalized spacial score (nSPS) is 14.3. The molecule has 1 aliphatic rings.